The van der Waals surface area contributed by atoms with Crippen molar-refractivity contribution in [1.82, 2.24) is 0 Å². The summed E-state index contributed by atoms with van der Waals surface area (Å²) in [5.74, 6) is -0.292. The Bertz CT molecular complexity index is 1130. The summed E-state index contributed by atoms with van der Waals surface area (Å²) in [5.41, 5.74) is 5.18. The van der Waals surface area contributed by atoms with Crippen molar-refractivity contribution in [3.8, 4) is 17.2 Å². The highest BCUT2D eigenvalue weighted by atomic mass is 19.1. The zero-order valence-corrected chi connectivity index (χ0v) is 16.9. The van der Waals surface area contributed by atoms with Crippen LogP contribution in [0.15, 0.2) is 66.7 Å². The van der Waals surface area contributed by atoms with E-state index in [1.165, 1.54) is 12.1 Å². The van der Waals surface area contributed by atoms with Crippen molar-refractivity contribution in [2.45, 2.75) is 32.4 Å². The highest BCUT2D eigenvalue weighted by molar-refractivity contribution is 5.94. The summed E-state index contributed by atoms with van der Waals surface area (Å²) in [6.07, 6.45) is 0.708. The predicted octanol–water partition coefficient (Wildman–Crippen LogP) is 5.66. The molecule has 0 aliphatic carbocycles. The molecule has 5 heteroatoms. The average Bonchev–Trinajstić information content (AvgIpc) is 2.73. The third-order valence-electron chi connectivity index (χ3n) is 5.53. The van der Waals surface area contributed by atoms with Crippen LogP contribution >= 0.6 is 0 Å². The molecule has 3 aromatic rings. The third-order valence-corrected chi connectivity index (χ3v) is 5.53. The second-order valence-corrected chi connectivity index (χ2v) is 7.64. The molecule has 0 unspecified atom stereocenters. The SMILES string of the molecule is CC(=O)N1c2ccc(-c3ccc(C#N)cc3)cc2[C@@H](Nc2cccc(F)c2)C[C@H]1C. The molecular weight excluding hydrogens is 377 g/mol. The van der Waals surface area contributed by atoms with E-state index in [2.05, 4.69) is 17.5 Å². The van der Waals surface area contributed by atoms with Crippen molar-refractivity contribution in [2.75, 3.05) is 10.2 Å². The maximum Gasteiger partial charge on any atom is 0.224 e. The molecule has 1 N–H and O–H groups in total. The monoisotopic (exact) mass is 399 g/mol. The van der Waals surface area contributed by atoms with Crippen LogP contribution in [-0.4, -0.2) is 11.9 Å². The fourth-order valence-electron chi connectivity index (χ4n) is 4.18. The van der Waals surface area contributed by atoms with Crippen molar-refractivity contribution >= 4 is 17.3 Å². The van der Waals surface area contributed by atoms with E-state index in [9.17, 15) is 9.18 Å². The smallest absolute Gasteiger partial charge is 0.224 e. The largest absolute Gasteiger partial charge is 0.378 e. The van der Waals surface area contributed by atoms with Crippen LogP contribution < -0.4 is 10.2 Å². The lowest BCUT2D eigenvalue weighted by Crippen LogP contribution is -2.43. The molecule has 1 heterocycles. The molecule has 3 aromatic carbocycles. The molecule has 0 aromatic heterocycles. The van der Waals surface area contributed by atoms with Crippen LogP contribution in [0.4, 0.5) is 15.8 Å². The molecule has 1 aliphatic heterocycles. The molecule has 0 saturated carbocycles. The standard InChI is InChI=1S/C25H22FN3O/c1-16-12-24(28-22-5-3-4-21(26)14-22)23-13-20(10-11-25(23)29(16)17(2)30)19-8-6-18(15-27)7-9-19/h3-11,13-14,16,24,28H,12H2,1-2H3/t16-,24+/m1/s1. The van der Waals surface area contributed by atoms with Gasteiger partial charge in [-0.15, -0.1) is 0 Å². The number of hydrogen-bond donors (Lipinski definition) is 1. The van der Waals surface area contributed by atoms with E-state index < -0.39 is 0 Å². The van der Waals surface area contributed by atoms with E-state index in [4.69, 9.17) is 5.26 Å². The van der Waals surface area contributed by atoms with Crippen LogP contribution in [0.3, 0.4) is 0 Å². The van der Waals surface area contributed by atoms with Crippen LogP contribution in [0.2, 0.25) is 0 Å². The van der Waals surface area contributed by atoms with Crippen LogP contribution in [-0.2, 0) is 4.79 Å². The first-order valence-electron chi connectivity index (χ1n) is 9.92. The van der Waals surface area contributed by atoms with Crippen LogP contribution in [0.1, 0.15) is 37.4 Å². The summed E-state index contributed by atoms with van der Waals surface area (Å²) in [6, 6.07) is 22.0. The molecule has 0 saturated heterocycles. The first-order valence-corrected chi connectivity index (χ1v) is 9.92. The van der Waals surface area contributed by atoms with E-state index in [0.717, 1.165) is 22.4 Å². The fourth-order valence-corrected chi connectivity index (χ4v) is 4.18. The van der Waals surface area contributed by atoms with E-state index in [1.54, 1.807) is 25.1 Å². The maximum atomic E-state index is 13.7. The highest BCUT2D eigenvalue weighted by Gasteiger charge is 2.32. The third kappa shape index (κ3) is 3.77. The van der Waals surface area contributed by atoms with E-state index >= 15 is 0 Å². The molecule has 150 valence electrons. The molecule has 2 atom stereocenters. The Hall–Kier alpha value is -3.65. The second kappa shape index (κ2) is 8.00. The number of nitrogens with zero attached hydrogens (tertiary/aromatic N) is 2. The van der Waals surface area contributed by atoms with Crippen LogP contribution in [0.5, 0.6) is 0 Å². The molecule has 30 heavy (non-hydrogen) atoms. The minimum atomic E-state index is -0.291. The van der Waals surface area contributed by atoms with Gasteiger partial charge in [-0.1, -0.05) is 24.3 Å². The van der Waals surface area contributed by atoms with Gasteiger partial charge < -0.3 is 10.2 Å². The Kier molecular flexibility index (Phi) is 5.24. The maximum absolute atomic E-state index is 13.7. The number of halogens is 1. The predicted molar refractivity (Wildman–Crippen MR) is 117 cm³/mol. The average molecular weight is 399 g/mol. The summed E-state index contributed by atoms with van der Waals surface area (Å²) in [7, 11) is 0. The topological polar surface area (TPSA) is 56.1 Å². The number of amides is 1. The van der Waals surface area contributed by atoms with Gasteiger partial charge in [0.1, 0.15) is 5.82 Å². The molecular formula is C25H22FN3O. The minimum absolute atomic E-state index is 0.000853. The van der Waals surface area contributed by atoms with Crippen molar-refractivity contribution in [3.05, 3.63) is 83.7 Å². The Balaban J connectivity index is 1.77. The molecule has 4 rings (SSSR count). The minimum Gasteiger partial charge on any atom is -0.378 e. The normalized spacial score (nSPS) is 17.7. The molecule has 1 aliphatic rings. The quantitative estimate of drug-likeness (QED) is 0.618. The number of anilines is 2. The lowest BCUT2D eigenvalue weighted by Gasteiger charge is -2.39. The Morgan fingerprint density at radius 3 is 2.50 bits per heavy atom. The molecule has 0 spiro atoms. The fraction of sp³-hybridized carbons (Fsp3) is 0.200. The molecule has 0 radical (unpaired) electrons. The van der Waals surface area contributed by atoms with E-state index in [1.807, 2.05) is 42.2 Å². The van der Waals surface area contributed by atoms with Gasteiger partial charge in [0.15, 0.2) is 0 Å². The Morgan fingerprint density at radius 1 is 1.10 bits per heavy atom. The van der Waals surface area contributed by atoms with Gasteiger partial charge in [-0.05, 0) is 72.5 Å². The van der Waals surface area contributed by atoms with Crippen molar-refractivity contribution in [2.24, 2.45) is 0 Å². The van der Waals surface area contributed by atoms with Gasteiger partial charge in [0.25, 0.3) is 0 Å². The summed E-state index contributed by atoms with van der Waals surface area (Å²) in [6.45, 7) is 3.61. The number of benzene rings is 3. The zero-order chi connectivity index (χ0) is 21.3. The molecule has 0 bridgehead atoms. The van der Waals surface area contributed by atoms with Gasteiger partial charge in [0.05, 0.1) is 17.7 Å². The van der Waals surface area contributed by atoms with Gasteiger partial charge in [-0.2, -0.15) is 5.26 Å². The summed E-state index contributed by atoms with van der Waals surface area (Å²) < 4.78 is 13.7. The number of fused-ring (bicyclic) bond motifs is 1. The first-order chi connectivity index (χ1) is 14.5. The lowest BCUT2D eigenvalue weighted by atomic mass is 9.88. The van der Waals surface area contributed by atoms with Crippen molar-refractivity contribution in [1.29, 1.82) is 5.26 Å². The number of carbonyl (C=O) groups excluding carboxylic acids is 1. The molecule has 1 amide bonds. The Labute approximate surface area is 175 Å². The van der Waals surface area contributed by atoms with Gasteiger partial charge in [-0.3, -0.25) is 4.79 Å². The number of carbonyl (C=O) groups is 1. The Morgan fingerprint density at radius 2 is 1.83 bits per heavy atom. The first kappa shape index (κ1) is 19.7. The van der Waals surface area contributed by atoms with Crippen LogP contribution in [0, 0.1) is 17.1 Å². The van der Waals surface area contributed by atoms with Gasteiger partial charge in [-0.25, -0.2) is 4.39 Å². The highest BCUT2D eigenvalue weighted by Crippen LogP contribution is 2.41. The molecule has 4 nitrogen and oxygen atoms in total. The van der Waals surface area contributed by atoms with E-state index in [-0.39, 0.29) is 23.8 Å². The zero-order valence-electron chi connectivity index (χ0n) is 16.9. The van der Waals surface area contributed by atoms with Crippen LogP contribution in [0.25, 0.3) is 11.1 Å². The summed E-state index contributed by atoms with van der Waals surface area (Å²) in [4.78, 5) is 14.2. The van der Waals surface area contributed by atoms with Gasteiger partial charge in [0.2, 0.25) is 5.91 Å². The number of rotatable bonds is 3. The van der Waals surface area contributed by atoms with Crippen molar-refractivity contribution < 1.29 is 9.18 Å². The van der Waals surface area contributed by atoms with Gasteiger partial charge in [0, 0.05) is 24.3 Å². The lowest BCUT2D eigenvalue weighted by molar-refractivity contribution is -0.117. The number of nitriles is 1. The van der Waals surface area contributed by atoms with Gasteiger partial charge >= 0.3 is 0 Å². The number of hydrogen-bond acceptors (Lipinski definition) is 3. The summed E-state index contributed by atoms with van der Waals surface area (Å²) in [5, 5.41) is 12.5. The molecule has 0 fully saturated rings. The summed E-state index contributed by atoms with van der Waals surface area (Å²) >= 11 is 0. The second-order valence-electron chi connectivity index (χ2n) is 7.64. The van der Waals surface area contributed by atoms with E-state index in [0.29, 0.717) is 17.7 Å². The van der Waals surface area contributed by atoms with Crippen molar-refractivity contribution in [3.63, 3.8) is 0 Å². The number of nitrogens with one attached hydrogen (secondary N) is 1.